The summed E-state index contributed by atoms with van der Waals surface area (Å²) >= 11 is 0. The summed E-state index contributed by atoms with van der Waals surface area (Å²) in [5.41, 5.74) is 0. The number of hydrogen-bond acceptors (Lipinski definition) is 4. The smallest absolute Gasteiger partial charge is 0.334 e. The summed E-state index contributed by atoms with van der Waals surface area (Å²) in [5.74, 6) is 0. The summed E-state index contributed by atoms with van der Waals surface area (Å²) in [4.78, 5) is 2.62. The molecule has 0 aliphatic carbocycles. The van der Waals surface area contributed by atoms with Gasteiger partial charge in [0.25, 0.3) is 0 Å². The van der Waals surface area contributed by atoms with Crippen LogP contribution in [0.25, 0.3) is 0 Å². The minimum absolute atomic E-state index is 1.08. The molecule has 0 unspecified atom stereocenters. The first kappa shape index (κ1) is 18.3. The number of unbranched alkanes of at least 4 members (excludes halogenated alkanes) is 1. The molecule has 1 fully saturated rings. The summed E-state index contributed by atoms with van der Waals surface area (Å²) in [6.45, 7) is 15.7. The van der Waals surface area contributed by atoms with Crippen molar-refractivity contribution in [2.24, 2.45) is 0 Å². The minimum Gasteiger partial charge on any atom is -0.398 e. The summed E-state index contributed by atoms with van der Waals surface area (Å²) < 4.78 is 13.8. The lowest BCUT2D eigenvalue weighted by Crippen LogP contribution is -2.56. The quantitative estimate of drug-likeness (QED) is 0.507. The van der Waals surface area contributed by atoms with Crippen molar-refractivity contribution >= 4 is 16.8 Å². The molecule has 0 atom stereocenters. The molecule has 0 N–H and O–H groups in total. The largest absolute Gasteiger partial charge is 0.398 e. The molecule has 0 amide bonds. The first-order valence-electron chi connectivity index (χ1n) is 7.88. The molecule has 1 heterocycles. The fourth-order valence-electron chi connectivity index (χ4n) is 2.71. The van der Waals surface area contributed by atoms with Crippen molar-refractivity contribution in [2.45, 2.75) is 45.1 Å². The average molecular weight is 319 g/mol. The van der Waals surface area contributed by atoms with Crippen LogP contribution in [0, 0.1) is 0 Å². The first-order chi connectivity index (χ1) is 9.30. The molecule has 120 valence electrons. The van der Waals surface area contributed by atoms with Gasteiger partial charge in [-0.25, -0.2) is 0 Å². The molecule has 1 rings (SSSR count). The Kier molecular flexibility index (Phi) is 7.38. The third-order valence-electron chi connectivity index (χ3n) is 4.54. The predicted molar refractivity (Wildman–Crippen MR) is 91.0 cm³/mol. The Morgan fingerprint density at radius 2 is 1.40 bits per heavy atom. The van der Waals surface area contributed by atoms with Crippen LogP contribution in [0.1, 0.15) is 12.8 Å². The zero-order valence-electron chi connectivity index (χ0n) is 14.4. The van der Waals surface area contributed by atoms with E-state index in [1.165, 1.54) is 45.6 Å². The van der Waals surface area contributed by atoms with Gasteiger partial charge in [-0.1, -0.05) is 26.1 Å². The predicted octanol–water partition coefficient (Wildman–Crippen LogP) is 2.58. The molecule has 0 aromatic heterocycles. The number of hydrogen-bond donors (Lipinski definition) is 0. The standard InChI is InChI=1S/C14H34N2O2Si2/c1-17-20(6,18-2)14-8-7-9-15-10-12-16(13-11-15)19(3,4)5/h7-14H2,1-6H3. The zero-order valence-corrected chi connectivity index (χ0v) is 16.4. The molecule has 1 saturated heterocycles. The lowest BCUT2D eigenvalue weighted by atomic mass is 10.3. The molecule has 1 aliphatic rings. The van der Waals surface area contributed by atoms with Crippen LogP contribution in [0.3, 0.4) is 0 Å². The van der Waals surface area contributed by atoms with Crippen molar-refractivity contribution in [3.8, 4) is 0 Å². The molecule has 0 radical (unpaired) electrons. The molecular weight excluding hydrogens is 284 g/mol. The maximum atomic E-state index is 5.53. The van der Waals surface area contributed by atoms with E-state index < -0.39 is 16.8 Å². The monoisotopic (exact) mass is 318 g/mol. The molecule has 0 aromatic carbocycles. The highest BCUT2D eigenvalue weighted by Gasteiger charge is 2.29. The number of piperazine rings is 1. The topological polar surface area (TPSA) is 24.9 Å². The summed E-state index contributed by atoms with van der Waals surface area (Å²) in [7, 11) is 0.645. The molecule has 20 heavy (non-hydrogen) atoms. The highest BCUT2D eigenvalue weighted by Crippen LogP contribution is 2.17. The van der Waals surface area contributed by atoms with Gasteiger partial charge in [0.05, 0.1) is 0 Å². The van der Waals surface area contributed by atoms with E-state index >= 15 is 0 Å². The Balaban J connectivity index is 2.16. The number of rotatable bonds is 8. The van der Waals surface area contributed by atoms with Crippen molar-refractivity contribution < 1.29 is 8.85 Å². The van der Waals surface area contributed by atoms with E-state index in [4.69, 9.17) is 8.85 Å². The second kappa shape index (κ2) is 8.05. The van der Waals surface area contributed by atoms with Crippen LogP contribution in [-0.2, 0) is 8.85 Å². The maximum Gasteiger partial charge on any atom is 0.334 e. The van der Waals surface area contributed by atoms with Gasteiger partial charge in [-0.05, 0) is 25.6 Å². The summed E-state index contributed by atoms with van der Waals surface area (Å²) in [6.07, 6.45) is 2.49. The van der Waals surface area contributed by atoms with Crippen LogP contribution in [0.5, 0.6) is 0 Å². The van der Waals surface area contributed by atoms with Crippen molar-refractivity contribution in [3.63, 3.8) is 0 Å². The van der Waals surface area contributed by atoms with Gasteiger partial charge in [0, 0.05) is 40.4 Å². The molecule has 6 heteroatoms. The lowest BCUT2D eigenvalue weighted by Gasteiger charge is -2.41. The second-order valence-electron chi connectivity index (χ2n) is 7.00. The van der Waals surface area contributed by atoms with Crippen LogP contribution in [0.4, 0.5) is 0 Å². The van der Waals surface area contributed by atoms with Crippen molar-refractivity contribution in [2.75, 3.05) is 46.9 Å². The molecule has 0 spiro atoms. The van der Waals surface area contributed by atoms with Crippen LogP contribution in [0.2, 0.25) is 32.2 Å². The Morgan fingerprint density at radius 1 is 0.850 bits per heavy atom. The Hall–Kier alpha value is 0.274. The SMILES string of the molecule is CO[Si](C)(CCCCN1CCN([Si](C)(C)C)CC1)OC. The maximum absolute atomic E-state index is 5.53. The van der Waals surface area contributed by atoms with Crippen LogP contribution in [-0.4, -0.2) is 73.2 Å². The van der Waals surface area contributed by atoms with E-state index in [0.717, 1.165) is 6.04 Å². The minimum atomic E-state index is -1.84. The molecule has 0 saturated carbocycles. The van der Waals surface area contributed by atoms with E-state index in [2.05, 4.69) is 35.7 Å². The Labute approximate surface area is 127 Å². The van der Waals surface area contributed by atoms with Gasteiger partial charge in [0.15, 0.2) is 0 Å². The zero-order chi connectivity index (χ0) is 15.2. The highest BCUT2D eigenvalue weighted by molar-refractivity contribution is 6.73. The first-order valence-corrected chi connectivity index (χ1v) is 13.9. The van der Waals surface area contributed by atoms with Crippen molar-refractivity contribution in [3.05, 3.63) is 0 Å². The van der Waals surface area contributed by atoms with Gasteiger partial charge in [0.2, 0.25) is 0 Å². The fraction of sp³-hybridized carbons (Fsp3) is 1.00. The van der Waals surface area contributed by atoms with Crippen molar-refractivity contribution in [1.82, 2.24) is 9.47 Å². The third-order valence-corrected chi connectivity index (χ3v) is 9.87. The normalized spacial score (nSPS) is 19.5. The average Bonchev–Trinajstić information content (AvgIpc) is 2.43. The number of nitrogens with zero attached hydrogens (tertiary/aromatic N) is 2. The van der Waals surface area contributed by atoms with Gasteiger partial charge in [-0.3, -0.25) is 0 Å². The molecule has 0 bridgehead atoms. The molecule has 4 nitrogen and oxygen atoms in total. The van der Waals surface area contributed by atoms with E-state index in [1.807, 2.05) is 0 Å². The highest BCUT2D eigenvalue weighted by atomic mass is 28.4. The third kappa shape index (κ3) is 5.95. The van der Waals surface area contributed by atoms with Gasteiger partial charge >= 0.3 is 8.56 Å². The van der Waals surface area contributed by atoms with Crippen molar-refractivity contribution in [1.29, 1.82) is 0 Å². The molecule has 1 aliphatic heterocycles. The summed E-state index contributed by atoms with van der Waals surface area (Å²) in [6, 6.07) is 1.11. The second-order valence-corrected chi connectivity index (χ2v) is 15.6. The van der Waals surface area contributed by atoms with E-state index in [-0.39, 0.29) is 0 Å². The fourth-order valence-corrected chi connectivity index (χ4v) is 5.72. The van der Waals surface area contributed by atoms with Gasteiger partial charge < -0.3 is 18.3 Å². The van der Waals surface area contributed by atoms with E-state index in [1.54, 1.807) is 14.2 Å². The van der Waals surface area contributed by atoms with Crippen LogP contribution in [0.15, 0.2) is 0 Å². The lowest BCUT2D eigenvalue weighted by molar-refractivity contribution is 0.181. The Morgan fingerprint density at radius 3 is 1.85 bits per heavy atom. The summed E-state index contributed by atoms with van der Waals surface area (Å²) in [5, 5.41) is 0. The van der Waals surface area contributed by atoms with Crippen LogP contribution >= 0.6 is 0 Å². The Bertz CT molecular complexity index is 273. The van der Waals surface area contributed by atoms with Crippen LogP contribution < -0.4 is 0 Å². The molecular formula is C14H34N2O2Si2. The van der Waals surface area contributed by atoms with E-state index in [9.17, 15) is 0 Å². The van der Waals surface area contributed by atoms with Gasteiger partial charge in [-0.15, -0.1) is 0 Å². The molecule has 0 aromatic rings. The van der Waals surface area contributed by atoms with Gasteiger partial charge in [-0.2, -0.15) is 0 Å². The van der Waals surface area contributed by atoms with Gasteiger partial charge in [0.1, 0.15) is 8.24 Å². The van der Waals surface area contributed by atoms with E-state index in [0.29, 0.717) is 0 Å².